The Hall–Kier alpha value is -1.77. The van der Waals surface area contributed by atoms with Gasteiger partial charge in [-0.25, -0.2) is 0 Å². The molecule has 1 aliphatic heterocycles. The van der Waals surface area contributed by atoms with Crippen molar-refractivity contribution in [2.24, 2.45) is 0 Å². The molecule has 2 aliphatic rings. The van der Waals surface area contributed by atoms with Crippen LogP contribution in [0.15, 0.2) is 18.2 Å². The Morgan fingerprint density at radius 2 is 1.97 bits per heavy atom. The summed E-state index contributed by atoms with van der Waals surface area (Å²) in [6, 6.07) is 7.18. The van der Waals surface area contributed by atoms with Gasteiger partial charge in [0.1, 0.15) is 0 Å². The average molecular weight is 459 g/mol. The van der Waals surface area contributed by atoms with Gasteiger partial charge in [-0.1, -0.05) is 0 Å². The van der Waals surface area contributed by atoms with Gasteiger partial charge in [0.2, 0.25) is 0 Å². The third-order valence-corrected chi connectivity index (χ3v) is 6.79. The first-order valence-corrected chi connectivity index (χ1v) is 12.5. The molecule has 2 atom stereocenters. The second-order valence-corrected chi connectivity index (χ2v) is 9.71. The molecule has 1 aromatic rings. The molecule has 3 rings (SSSR count). The second kappa shape index (κ2) is 12.6. The molecular weight excluding hydrogens is 417 g/mol. The van der Waals surface area contributed by atoms with Crippen molar-refractivity contribution >= 4 is 13.9 Å². The minimum atomic E-state index is 0.0571. The van der Waals surface area contributed by atoms with E-state index in [1.54, 1.807) is 14.2 Å². The molecule has 1 heterocycles. The molecule has 0 radical (unpaired) electrons. The van der Waals surface area contributed by atoms with Crippen LogP contribution >= 0.6 is 0 Å². The largest absolute Gasteiger partial charge is 0.493 e. The second-order valence-electron chi connectivity index (χ2n) is 9.71. The molecule has 1 aliphatic carbocycles. The molecule has 33 heavy (non-hydrogen) atoms. The maximum atomic E-state index is 13.6. The van der Waals surface area contributed by atoms with Crippen molar-refractivity contribution in [1.82, 2.24) is 15.0 Å². The number of rotatable bonds is 13. The Bertz CT molecular complexity index is 759. The quantitative estimate of drug-likeness (QED) is 0.361. The summed E-state index contributed by atoms with van der Waals surface area (Å²) in [5, 5.41) is 3.63. The van der Waals surface area contributed by atoms with Gasteiger partial charge in [0.05, 0.1) is 13.7 Å². The maximum absolute atomic E-state index is 13.6. The molecule has 0 aromatic heterocycles. The van der Waals surface area contributed by atoms with E-state index < -0.39 is 0 Å². The number of ether oxygens (including phenoxy) is 3. The van der Waals surface area contributed by atoms with Crippen LogP contribution in [0.4, 0.5) is 0 Å². The van der Waals surface area contributed by atoms with E-state index in [-0.39, 0.29) is 18.0 Å². The zero-order chi connectivity index (χ0) is 23.8. The molecule has 184 valence electrons. The lowest BCUT2D eigenvalue weighted by Gasteiger charge is -2.44. The number of amides is 1. The molecule has 0 spiro atoms. The predicted octanol–water partition coefficient (Wildman–Crippen LogP) is 2.48. The lowest BCUT2D eigenvalue weighted by atomic mass is 9.91. The summed E-state index contributed by atoms with van der Waals surface area (Å²) in [5.41, 5.74) is 0.643. The van der Waals surface area contributed by atoms with Crippen molar-refractivity contribution in [3.8, 4) is 11.5 Å². The van der Waals surface area contributed by atoms with Gasteiger partial charge in [0.25, 0.3) is 5.91 Å². The number of hydrogen-bond acceptors (Lipinski definition) is 6. The van der Waals surface area contributed by atoms with Crippen molar-refractivity contribution in [2.75, 3.05) is 40.5 Å². The number of nitrogens with one attached hydrogen (secondary N) is 1. The average Bonchev–Trinajstić information content (AvgIpc) is 3.62. The normalized spacial score (nSPS) is 21.2. The van der Waals surface area contributed by atoms with Crippen molar-refractivity contribution in [1.29, 1.82) is 0 Å². The SMILES string of the molecule is BN1CC(N(C(=O)c2ccc(OC)c(OCCCOC)c2)C(C)C)CCC1CCNC1CC1. The van der Waals surface area contributed by atoms with E-state index in [0.29, 0.717) is 36.3 Å². The standard InChI is InChI=1S/C25H42BN3O4/c1-18(2)29(22-10-9-21(28(26)17-22)12-13-27-20-7-8-20)25(30)19-6-11-23(32-4)24(16-19)33-15-5-14-31-3/h6,11,16,18,20-22,27H,5,7-10,12-15,17,26H2,1-4H3. The number of hydrogen-bond donors (Lipinski definition) is 1. The summed E-state index contributed by atoms with van der Waals surface area (Å²) in [5.74, 6) is 1.30. The van der Waals surface area contributed by atoms with E-state index in [0.717, 1.165) is 38.4 Å². The summed E-state index contributed by atoms with van der Waals surface area (Å²) in [6.45, 7) is 7.37. The van der Waals surface area contributed by atoms with Gasteiger partial charge in [0, 0.05) is 50.4 Å². The van der Waals surface area contributed by atoms with Gasteiger partial charge in [0.15, 0.2) is 19.5 Å². The number of carbonyl (C=O) groups excluding carboxylic acids is 1. The smallest absolute Gasteiger partial charge is 0.254 e. The first-order valence-electron chi connectivity index (χ1n) is 12.5. The van der Waals surface area contributed by atoms with E-state index >= 15 is 0 Å². The van der Waals surface area contributed by atoms with Gasteiger partial charge in [-0.15, -0.1) is 0 Å². The Morgan fingerprint density at radius 1 is 1.18 bits per heavy atom. The molecule has 1 saturated heterocycles. The van der Waals surface area contributed by atoms with E-state index in [1.807, 2.05) is 18.2 Å². The molecule has 1 amide bonds. The van der Waals surface area contributed by atoms with Crippen LogP contribution in [0.3, 0.4) is 0 Å². The highest BCUT2D eigenvalue weighted by Gasteiger charge is 2.33. The van der Waals surface area contributed by atoms with Crippen LogP contribution in [-0.2, 0) is 4.74 Å². The number of benzene rings is 1. The fourth-order valence-electron chi connectivity index (χ4n) is 4.79. The summed E-state index contributed by atoms with van der Waals surface area (Å²) < 4.78 is 16.4. The number of nitrogens with zero attached hydrogens (tertiary/aromatic N) is 2. The molecular formula is C25H42BN3O4. The molecule has 1 N–H and O–H groups in total. The minimum Gasteiger partial charge on any atom is -0.493 e. The van der Waals surface area contributed by atoms with E-state index in [4.69, 9.17) is 14.2 Å². The zero-order valence-corrected chi connectivity index (χ0v) is 21.1. The van der Waals surface area contributed by atoms with Crippen LogP contribution in [0.5, 0.6) is 11.5 Å². The highest BCUT2D eigenvalue weighted by molar-refractivity contribution is 6.04. The van der Waals surface area contributed by atoms with Crippen molar-refractivity contribution in [3.05, 3.63) is 23.8 Å². The molecule has 7 nitrogen and oxygen atoms in total. The van der Waals surface area contributed by atoms with Gasteiger partial charge in [-0.05, 0) is 76.7 Å². The van der Waals surface area contributed by atoms with E-state index in [9.17, 15) is 4.79 Å². The number of piperidine rings is 1. The van der Waals surface area contributed by atoms with Crippen LogP contribution in [0.25, 0.3) is 0 Å². The van der Waals surface area contributed by atoms with Crippen molar-refractivity contribution in [3.63, 3.8) is 0 Å². The molecule has 1 saturated carbocycles. The number of carbonyl (C=O) groups is 1. The van der Waals surface area contributed by atoms with Gasteiger partial charge in [-0.2, -0.15) is 0 Å². The lowest BCUT2D eigenvalue weighted by molar-refractivity contribution is 0.0474. The monoisotopic (exact) mass is 459 g/mol. The van der Waals surface area contributed by atoms with Crippen LogP contribution in [0.1, 0.15) is 62.7 Å². The van der Waals surface area contributed by atoms with E-state index in [2.05, 4.69) is 36.9 Å². The van der Waals surface area contributed by atoms with Crippen LogP contribution in [0, 0.1) is 0 Å². The summed E-state index contributed by atoms with van der Waals surface area (Å²) >= 11 is 0. The zero-order valence-electron chi connectivity index (χ0n) is 21.1. The lowest BCUT2D eigenvalue weighted by Crippen LogP contribution is -2.55. The fraction of sp³-hybridized carbons (Fsp3) is 0.720. The highest BCUT2D eigenvalue weighted by Crippen LogP contribution is 2.31. The third kappa shape index (κ3) is 7.36. The summed E-state index contributed by atoms with van der Waals surface area (Å²) in [7, 11) is 5.50. The Kier molecular flexibility index (Phi) is 9.89. The third-order valence-electron chi connectivity index (χ3n) is 6.79. The molecule has 2 fully saturated rings. The molecule has 1 aromatic carbocycles. The molecule has 8 heteroatoms. The molecule has 0 bridgehead atoms. The van der Waals surface area contributed by atoms with E-state index in [1.165, 1.54) is 19.3 Å². The predicted molar refractivity (Wildman–Crippen MR) is 134 cm³/mol. The van der Waals surface area contributed by atoms with Gasteiger partial charge >= 0.3 is 0 Å². The Balaban J connectivity index is 1.64. The van der Waals surface area contributed by atoms with Crippen molar-refractivity contribution < 1.29 is 19.0 Å². The van der Waals surface area contributed by atoms with Gasteiger partial charge < -0.3 is 29.2 Å². The topological polar surface area (TPSA) is 63.3 Å². The minimum absolute atomic E-state index is 0.0571. The number of methoxy groups -OCH3 is 2. The van der Waals surface area contributed by atoms with Gasteiger partial charge in [-0.3, -0.25) is 4.79 Å². The first-order chi connectivity index (χ1) is 15.9. The fourth-order valence-corrected chi connectivity index (χ4v) is 4.79. The first kappa shape index (κ1) is 25.9. The highest BCUT2D eigenvalue weighted by atomic mass is 16.5. The van der Waals surface area contributed by atoms with Crippen LogP contribution in [-0.4, -0.2) is 88.3 Å². The Morgan fingerprint density at radius 3 is 2.61 bits per heavy atom. The van der Waals surface area contributed by atoms with Crippen molar-refractivity contribution in [2.45, 2.75) is 76.5 Å². The summed E-state index contributed by atoms with van der Waals surface area (Å²) in [4.78, 5) is 18.1. The Labute approximate surface area is 200 Å². The van der Waals surface area contributed by atoms with Crippen LogP contribution in [0.2, 0.25) is 0 Å². The maximum Gasteiger partial charge on any atom is 0.254 e. The molecule has 2 unspecified atom stereocenters. The van der Waals surface area contributed by atoms with Crippen LogP contribution < -0.4 is 14.8 Å². The summed E-state index contributed by atoms with van der Waals surface area (Å²) in [6.07, 6.45) is 6.79.